The van der Waals surface area contributed by atoms with E-state index in [0.29, 0.717) is 13.1 Å². The number of nitrogens with zero attached hydrogens (tertiary/aromatic N) is 1. The predicted molar refractivity (Wildman–Crippen MR) is 66.6 cm³/mol. The number of nitrogens with two attached hydrogens (primary N) is 1. The van der Waals surface area contributed by atoms with Crippen molar-refractivity contribution in [1.82, 2.24) is 4.90 Å². The molecule has 0 aliphatic carbocycles. The summed E-state index contributed by atoms with van der Waals surface area (Å²) in [5, 5.41) is 4.53. The summed E-state index contributed by atoms with van der Waals surface area (Å²) < 4.78 is 27.1. The fraction of sp³-hybridized carbons (Fsp3) is 0.545. The Kier molecular flexibility index (Phi) is 4.92. The summed E-state index contributed by atoms with van der Waals surface area (Å²) in [5.41, 5.74) is 0. The number of rotatable bonds is 6. The van der Waals surface area contributed by atoms with Crippen molar-refractivity contribution < 1.29 is 17.6 Å². The normalized spacial score (nSPS) is 11.5. The van der Waals surface area contributed by atoms with Gasteiger partial charge in [-0.2, -0.15) is 0 Å². The van der Waals surface area contributed by atoms with Crippen molar-refractivity contribution in [3.05, 3.63) is 17.9 Å². The standard InChI is InChI=1S/C11H18N2O4S/c1-3-7-13(8-4-2)11(14)9-5-6-10(17-9)18(12,15)16/h5-6H,3-4,7-8H2,1-2H3,(H2,12,15,16). The number of amides is 1. The molecule has 6 nitrogen and oxygen atoms in total. The van der Waals surface area contributed by atoms with Crippen molar-refractivity contribution in [2.75, 3.05) is 13.1 Å². The van der Waals surface area contributed by atoms with Crippen LogP contribution in [0.25, 0.3) is 0 Å². The third kappa shape index (κ3) is 3.58. The van der Waals surface area contributed by atoms with Crippen LogP contribution in [0.4, 0.5) is 0 Å². The molecule has 0 aromatic carbocycles. The zero-order valence-corrected chi connectivity index (χ0v) is 11.4. The predicted octanol–water partition coefficient (Wildman–Crippen LogP) is 1.19. The first-order chi connectivity index (χ1) is 8.40. The van der Waals surface area contributed by atoms with Gasteiger partial charge in [0.2, 0.25) is 5.09 Å². The van der Waals surface area contributed by atoms with Crippen LogP contribution < -0.4 is 5.14 Å². The lowest BCUT2D eigenvalue weighted by Crippen LogP contribution is -2.32. The largest absolute Gasteiger partial charge is 0.438 e. The fourth-order valence-corrected chi connectivity index (χ4v) is 2.06. The molecule has 0 atom stereocenters. The molecule has 0 aliphatic rings. The molecule has 1 heterocycles. The first-order valence-corrected chi connectivity index (χ1v) is 7.36. The molecule has 1 aromatic heterocycles. The number of hydrogen-bond acceptors (Lipinski definition) is 4. The quantitative estimate of drug-likeness (QED) is 0.843. The molecular formula is C11H18N2O4S. The van der Waals surface area contributed by atoms with E-state index in [2.05, 4.69) is 0 Å². The van der Waals surface area contributed by atoms with Gasteiger partial charge >= 0.3 is 0 Å². The number of furan rings is 1. The van der Waals surface area contributed by atoms with E-state index >= 15 is 0 Å². The molecule has 0 unspecified atom stereocenters. The third-order valence-electron chi connectivity index (χ3n) is 2.35. The lowest BCUT2D eigenvalue weighted by Gasteiger charge is -2.19. The van der Waals surface area contributed by atoms with Gasteiger partial charge in [-0.05, 0) is 25.0 Å². The van der Waals surface area contributed by atoms with E-state index in [1.807, 2.05) is 13.8 Å². The van der Waals surface area contributed by atoms with E-state index in [9.17, 15) is 13.2 Å². The van der Waals surface area contributed by atoms with E-state index < -0.39 is 15.1 Å². The monoisotopic (exact) mass is 274 g/mol. The summed E-state index contributed by atoms with van der Waals surface area (Å²) in [6, 6.07) is 2.53. The number of hydrogen-bond donors (Lipinski definition) is 1. The van der Waals surface area contributed by atoms with Gasteiger partial charge in [-0.25, -0.2) is 13.6 Å². The average Bonchev–Trinajstić information content (AvgIpc) is 2.76. The summed E-state index contributed by atoms with van der Waals surface area (Å²) in [6.07, 6.45) is 1.66. The molecule has 0 radical (unpaired) electrons. The van der Waals surface area contributed by atoms with Gasteiger partial charge in [0, 0.05) is 13.1 Å². The number of primary sulfonamides is 1. The molecule has 1 amide bonds. The van der Waals surface area contributed by atoms with E-state index in [1.165, 1.54) is 12.1 Å². The smallest absolute Gasteiger partial charge is 0.289 e. The minimum absolute atomic E-state index is 0.000856. The topological polar surface area (TPSA) is 93.6 Å². The molecule has 0 aliphatic heterocycles. The first kappa shape index (κ1) is 14.7. The van der Waals surface area contributed by atoms with E-state index in [-0.39, 0.29) is 11.7 Å². The summed E-state index contributed by atoms with van der Waals surface area (Å²) in [5.74, 6) is -0.311. The summed E-state index contributed by atoms with van der Waals surface area (Å²) in [6.45, 7) is 5.15. The van der Waals surface area contributed by atoms with Crippen molar-refractivity contribution in [2.24, 2.45) is 5.14 Å². The third-order valence-corrected chi connectivity index (χ3v) is 3.13. The Morgan fingerprint density at radius 3 is 2.22 bits per heavy atom. The van der Waals surface area contributed by atoms with Gasteiger partial charge in [0.05, 0.1) is 0 Å². The molecule has 0 fully saturated rings. The van der Waals surface area contributed by atoms with Crippen molar-refractivity contribution in [1.29, 1.82) is 0 Å². The molecule has 0 spiro atoms. The van der Waals surface area contributed by atoms with Crippen LogP contribution in [0.15, 0.2) is 21.6 Å². The van der Waals surface area contributed by atoms with Gasteiger partial charge in [0.15, 0.2) is 5.76 Å². The Balaban J connectivity index is 2.92. The highest BCUT2D eigenvalue weighted by Crippen LogP contribution is 2.14. The van der Waals surface area contributed by atoms with Crippen LogP contribution in [0.3, 0.4) is 0 Å². The van der Waals surface area contributed by atoms with Crippen molar-refractivity contribution in [3.8, 4) is 0 Å². The highest BCUT2D eigenvalue weighted by atomic mass is 32.2. The minimum atomic E-state index is -3.90. The molecule has 102 valence electrons. The van der Waals surface area contributed by atoms with Crippen LogP contribution in [0.5, 0.6) is 0 Å². The molecule has 1 rings (SSSR count). The van der Waals surface area contributed by atoms with Gasteiger partial charge in [-0.1, -0.05) is 13.8 Å². The Hall–Kier alpha value is -1.34. The Morgan fingerprint density at radius 2 is 1.83 bits per heavy atom. The van der Waals surface area contributed by atoms with Crippen LogP contribution >= 0.6 is 0 Å². The van der Waals surface area contributed by atoms with Gasteiger partial charge < -0.3 is 9.32 Å². The lowest BCUT2D eigenvalue weighted by molar-refractivity contribution is 0.0718. The molecule has 1 aromatic rings. The Morgan fingerprint density at radius 1 is 1.28 bits per heavy atom. The van der Waals surface area contributed by atoms with Gasteiger partial charge in [-0.3, -0.25) is 4.79 Å². The second-order valence-electron chi connectivity index (χ2n) is 3.96. The summed E-state index contributed by atoms with van der Waals surface area (Å²) in [4.78, 5) is 13.7. The molecule has 18 heavy (non-hydrogen) atoms. The second kappa shape index (κ2) is 6.01. The number of carbonyl (C=O) groups excluding carboxylic acids is 1. The molecular weight excluding hydrogens is 256 g/mol. The van der Waals surface area contributed by atoms with Crippen LogP contribution in [-0.4, -0.2) is 32.3 Å². The second-order valence-corrected chi connectivity index (χ2v) is 5.45. The average molecular weight is 274 g/mol. The fourth-order valence-electron chi connectivity index (χ4n) is 1.60. The highest BCUT2D eigenvalue weighted by Gasteiger charge is 2.21. The zero-order chi connectivity index (χ0) is 13.8. The number of sulfonamides is 1. The van der Waals surface area contributed by atoms with Gasteiger partial charge in [0.1, 0.15) is 0 Å². The molecule has 0 saturated heterocycles. The lowest BCUT2D eigenvalue weighted by atomic mass is 10.3. The van der Waals surface area contributed by atoms with E-state index in [0.717, 1.165) is 12.8 Å². The highest BCUT2D eigenvalue weighted by molar-refractivity contribution is 7.89. The van der Waals surface area contributed by atoms with Crippen molar-refractivity contribution in [2.45, 2.75) is 31.8 Å². The number of carbonyl (C=O) groups is 1. The Bertz CT molecular complexity index is 501. The van der Waals surface area contributed by atoms with Gasteiger partial charge in [-0.15, -0.1) is 0 Å². The maximum Gasteiger partial charge on any atom is 0.289 e. The van der Waals surface area contributed by atoms with Gasteiger partial charge in [0.25, 0.3) is 15.9 Å². The maximum absolute atomic E-state index is 12.1. The van der Waals surface area contributed by atoms with Crippen molar-refractivity contribution >= 4 is 15.9 Å². The summed E-state index contributed by atoms with van der Waals surface area (Å²) >= 11 is 0. The first-order valence-electron chi connectivity index (χ1n) is 5.82. The zero-order valence-electron chi connectivity index (χ0n) is 10.5. The van der Waals surface area contributed by atoms with E-state index in [1.54, 1.807) is 4.90 Å². The minimum Gasteiger partial charge on any atom is -0.438 e. The van der Waals surface area contributed by atoms with E-state index in [4.69, 9.17) is 9.56 Å². The summed E-state index contributed by atoms with van der Waals surface area (Å²) in [7, 11) is -3.90. The molecule has 0 bridgehead atoms. The maximum atomic E-state index is 12.1. The molecule has 7 heteroatoms. The van der Waals surface area contributed by atoms with Crippen molar-refractivity contribution in [3.63, 3.8) is 0 Å². The molecule has 2 N–H and O–H groups in total. The van der Waals surface area contributed by atoms with Crippen LogP contribution in [0.2, 0.25) is 0 Å². The Labute approximate surface area is 107 Å². The SMILES string of the molecule is CCCN(CCC)C(=O)c1ccc(S(N)(=O)=O)o1. The molecule has 0 saturated carbocycles. The van der Waals surface area contributed by atoms with Crippen LogP contribution in [0.1, 0.15) is 37.2 Å². The van der Waals surface area contributed by atoms with Crippen LogP contribution in [-0.2, 0) is 10.0 Å². The van der Waals surface area contributed by atoms with Crippen LogP contribution in [0, 0.1) is 0 Å².